The van der Waals surface area contributed by atoms with E-state index in [1.54, 1.807) is 30.3 Å². The highest BCUT2D eigenvalue weighted by Gasteiger charge is 2.35. The summed E-state index contributed by atoms with van der Waals surface area (Å²) < 4.78 is 46.9. The maximum absolute atomic E-state index is 13.3. The van der Waals surface area contributed by atoms with Crippen molar-refractivity contribution in [3.63, 3.8) is 0 Å². The van der Waals surface area contributed by atoms with Gasteiger partial charge in [-0.05, 0) is 31.0 Å². The van der Waals surface area contributed by atoms with Gasteiger partial charge >= 0.3 is 13.7 Å². The summed E-state index contributed by atoms with van der Waals surface area (Å²) in [6.45, 7) is 1.86. The molecule has 0 radical (unpaired) electrons. The molecular weight excluding hydrogens is 536 g/mol. The lowest BCUT2D eigenvalue weighted by Crippen LogP contribution is -2.36. The van der Waals surface area contributed by atoms with Gasteiger partial charge in [0, 0.05) is 12.8 Å². The van der Waals surface area contributed by atoms with E-state index in [4.69, 9.17) is 18.5 Å². The highest BCUT2D eigenvalue weighted by molar-refractivity contribution is 7.52. The fourth-order valence-corrected chi connectivity index (χ4v) is 4.50. The van der Waals surface area contributed by atoms with Crippen LogP contribution in [0.2, 0.25) is 0 Å². The van der Waals surface area contributed by atoms with Gasteiger partial charge in [-0.3, -0.25) is 18.9 Å². The number of primary amides is 1. The third-order valence-corrected chi connectivity index (χ3v) is 6.64. The number of carbonyl (C=O) groups excluding carboxylic acids is 3. The molecule has 212 valence electrons. The van der Waals surface area contributed by atoms with Gasteiger partial charge < -0.3 is 30.2 Å². The molecule has 1 fully saturated rings. The molecule has 1 aliphatic heterocycles. The number of nitrogens with two attached hydrogens (primary N) is 1. The summed E-state index contributed by atoms with van der Waals surface area (Å²) in [6.07, 6.45) is -0.0333. The number of rotatable bonds is 13. The standard InChI is InChI=1S/C21H26NO7P.C4H5FN2O2/c1-16(21(24)27-14-17-8-4-2-5-9-17)22-30(25,29-18-10-6-3-7-11-18)28-15-20-19(23)12-13-26-20;5-3(4(6)9)1-7-2-8/h2-11,16,19-20,23H,12-15H2,1H3,(H,22,25);1-2H,(H2,6,9)(H,7,8)/b;3-1+/t16-,19?,20+,30?;/m0./s1. The van der Waals surface area contributed by atoms with Crippen LogP contribution < -0.4 is 20.7 Å². The van der Waals surface area contributed by atoms with Crippen LogP contribution >= 0.6 is 7.75 Å². The minimum atomic E-state index is -3.97. The van der Waals surface area contributed by atoms with E-state index in [9.17, 15) is 28.4 Å². The second-order valence-corrected chi connectivity index (χ2v) is 9.74. The third kappa shape index (κ3) is 11.8. The number of amides is 2. The highest BCUT2D eigenvalue weighted by Crippen LogP contribution is 2.45. The first kappa shape index (κ1) is 31.6. The zero-order valence-corrected chi connectivity index (χ0v) is 22.0. The zero-order chi connectivity index (χ0) is 28.7. The minimum Gasteiger partial charge on any atom is -0.460 e. The van der Waals surface area contributed by atoms with Gasteiger partial charge in [-0.2, -0.15) is 9.48 Å². The van der Waals surface area contributed by atoms with Gasteiger partial charge in [0.2, 0.25) is 12.2 Å². The van der Waals surface area contributed by atoms with Crippen LogP contribution in [0.3, 0.4) is 0 Å². The fraction of sp³-hybridized carbons (Fsp3) is 0.320. The SMILES string of the molecule is C[C@H](NP(=O)(OC[C@H]1OCCC1O)Oc1ccccc1)C(=O)OCc1ccccc1.NC(=O)/C(F)=C\NC=O. The third-order valence-electron chi connectivity index (χ3n) is 4.99. The van der Waals surface area contributed by atoms with Crippen LogP contribution in [0.1, 0.15) is 18.9 Å². The Morgan fingerprint density at radius 2 is 1.85 bits per heavy atom. The predicted octanol–water partition coefficient (Wildman–Crippen LogP) is 2.09. The largest absolute Gasteiger partial charge is 0.460 e. The Bertz CT molecular complexity index is 1140. The van der Waals surface area contributed by atoms with Crippen LogP contribution in [0.25, 0.3) is 0 Å². The van der Waals surface area contributed by atoms with Gasteiger partial charge in [-0.15, -0.1) is 0 Å². The number of halogens is 1. The maximum atomic E-state index is 13.3. The van der Waals surface area contributed by atoms with E-state index in [1.165, 1.54) is 6.92 Å². The summed E-state index contributed by atoms with van der Waals surface area (Å²) in [6, 6.07) is 16.8. The maximum Gasteiger partial charge on any atom is 0.459 e. The number of hydrogen-bond donors (Lipinski definition) is 4. The molecule has 2 unspecified atom stereocenters. The predicted molar refractivity (Wildman–Crippen MR) is 137 cm³/mol. The summed E-state index contributed by atoms with van der Waals surface area (Å²) in [5.41, 5.74) is 5.28. The van der Waals surface area contributed by atoms with Gasteiger partial charge in [0.25, 0.3) is 5.91 Å². The van der Waals surface area contributed by atoms with Crippen LogP contribution in [0.4, 0.5) is 4.39 Å². The van der Waals surface area contributed by atoms with Crippen LogP contribution in [-0.4, -0.2) is 54.9 Å². The number of para-hydroxylation sites is 1. The van der Waals surface area contributed by atoms with Crippen LogP contribution in [0.5, 0.6) is 5.75 Å². The molecule has 39 heavy (non-hydrogen) atoms. The van der Waals surface area contributed by atoms with E-state index in [0.29, 0.717) is 25.0 Å². The van der Waals surface area contributed by atoms with E-state index in [2.05, 4.69) is 10.8 Å². The monoisotopic (exact) mass is 567 g/mol. The number of hydrogen-bond acceptors (Lipinski definition) is 9. The lowest BCUT2D eigenvalue weighted by Gasteiger charge is -2.24. The molecule has 12 nitrogen and oxygen atoms in total. The second-order valence-electron chi connectivity index (χ2n) is 8.05. The first-order valence-electron chi connectivity index (χ1n) is 11.8. The molecule has 0 aliphatic carbocycles. The molecule has 1 saturated heterocycles. The quantitative estimate of drug-likeness (QED) is 0.121. The van der Waals surface area contributed by atoms with E-state index < -0.39 is 43.7 Å². The number of carbonyl (C=O) groups is 3. The summed E-state index contributed by atoms with van der Waals surface area (Å²) in [5, 5.41) is 14.3. The van der Waals surface area contributed by atoms with Crippen molar-refractivity contribution >= 4 is 26.0 Å². The van der Waals surface area contributed by atoms with Gasteiger partial charge in [0.1, 0.15) is 24.5 Å². The van der Waals surface area contributed by atoms with Crippen molar-refractivity contribution in [2.75, 3.05) is 13.2 Å². The lowest BCUT2D eigenvalue weighted by atomic mass is 10.2. The number of esters is 1. The van der Waals surface area contributed by atoms with Crippen molar-refractivity contribution in [1.82, 2.24) is 10.4 Å². The van der Waals surface area contributed by atoms with Gasteiger partial charge in [-0.1, -0.05) is 48.5 Å². The Morgan fingerprint density at radius 3 is 2.41 bits per heavy atom. The van der Waals surface area contributed by atoms with Crippen molar-refractivity contribution in [3.05, 3.63) is 78.3 Å². The molecule has 2 aromatic carbocycles. The average molecular weight is 568 g/mol. The molecule has 1 aliphatic rings. The van der Waals surface area contributed by atoms with E-state index >= 15 is 0 Å². The van der Waals surface area contributed by atoms with Gasteiger partial charge in [-0.25, -0.2) is 4.57 Å². The Morgan fingerprint density at radius 1 is 1.21 bits per heavy atom. The number of nitrogens with one attached hydrogen (secondary N) is 2. The molecule has 4 atom stereocenters. The highest BCUT2D eigenvalue weighted by atomic mass is 31.2. The molecule has 3 rings (SSSR count). The molecule has 0 aromatic heterocycles. The normalized spacial score (nSPS) is 19.0. The molecular formula is C25H31FN3O9P. The molecule has 1 heterocycles. The Labute approximate surface area is 224 Å². The van der Waals surface area contributed by atoms with Crippen molar-refractivity contribution < 1.29 is 47.0 Å². The zero-order valence-electron chi connectivity index (χ0n) is 21.1. The van der Waals surface area contributed by atoms with Crippen LogP contribution in [0, 0.1) is 0 Å². The lowest BCUT2D eigenvalue weighted by molar-refractivity contribution is -0.146. The molecule has 2 amide bonds. The number of aliphatic hydroxyl groups is 1. The minimum absolute atomic E-state index is 0.0957. The molecule has 2 aromatic rings. The molecule has 5 N–H and O–H groups in total. The smallest absolute Gasteiger partial charge is 0.459 e. The Hall–Kier alpha value is -3.61. The number of benzene rings is 2. The number of ether oxygens (including phenoxy) is 2. The second kappa shape index (κ2) is 16.4. The number of aliphatic hydroxyl groups excluding tert-OH is 1. The fourth-order valence-electron chi connectivity index (χ4n) is 3.00. The van der Waals surface area contributed by atoms with E-state index in [1.807, 2.05) is 35.6 Å². The Kier molecular flexibility index (Phi) is 13.3. The Balaban J connectivity index is 0.000000510. The topological polar surface area (TPSA) is 176 Å². The average Bonchev–Trinajstić information content (AvgIpc) is 3.35. The van der Waals surface area contributed by atoms with Gasteiger partial charge in [0.05, 0.1) is 12.7 Å². The molecule has 0 saturated carbocycles. The van der Waals surface area contributed by atoms with Crippen LogP contribution in [0.15, 0.2) is 72.7 Å². The van der Waals surface area contributed by atoms with Crippen molar-refractivity contribution in [3.8, 4) is 5.75 Å². The molecule has 0 bridgehead atoms. The van der Waals surface area contributed by atoms with E-state index in [0.717, 1.165) is 5.56 Å². The summed E-state index contributed by atoms with van der Waals surface area (Å²) in [7, 11) is -3.97. The first-order chi connectivity index (χ1) is 18.6. The van der Waals surface area contributed by atoms with E-state index in [-0.39, 0.29) is 19.6 Å². The van der Waals surface area contributed by atoms with Gasteiger partial charge in [0.15, 0.2) is 0 Å². The van der Waals surface area contributed by atoms with Crippen LogP contribution in [-0.2, 0) is 39.6 Å². The molecule has 0 spiro atoms. The van der Waals surface area contributed by atoms with Crippen molar-refractivity contribution in [2.24, 2.45) is 5.73 Å². The summed E-state index contributed by atoms with van der Waals surface area (Å²) >= 11 is 0. The van der Waals surface area contributed by atoms with Crippen molar-refractivity contribution in [2.45, 2.75) is 38.2 Å². The summed E-state index contributed by atoms with van der Waals surface area (Å²) in [5.74, 6) is -2.67. The summed E-state index contributed by atoms with van der Waals surface area (Å²) in [4.78, 5) is 31.7. The molecule has 14 heteroatoms. The van der Waals surface area contributed by atoms with Crippen molar-refractivity contribution in [1.29, 1.82) is 0 Å². The first-order valence-corrected chi connectivity index (χ1v) is 13.3.